The van der Waals surface area contributed by atoms with Crippen molar-refractivity contribution < 1.29 is 27.1 Å². The SMILES string of the molecule is COc1ccc(N(CC(=O)N(Cc2ccccc2F)[C@@H](Cc2ccccc2)C(=O)NC2CCCCC2)S(=O)(=O)c2ccccc2)cc1. The maximum Gasteiger partial charge on any atom is 0.264 e. The summed E-state index contributed by atoms with van der Waals surface area (Å²) in [7, 11) is -2.74. The summed E-state index contributed by atoms with van der Waals surface area (Å²) in [6, 6.07) is 28.5. The van der Waals surface area contributed by atoms with Crippen molar-refractivity contribution in [2.75, 3.05) is 18.0 Å². The van der Waals surface area contributed by atoms with Crippen molar-refractivity contribution in [2.24, 2.45) is 0 Å². The molecule has 1 aliphatic carbocycles. The van der Waals surface area contributed by atoms with Crippen LogP contribution in [0.25, 0.3) is 0 Å². The van der Waals surface area contributed by atoms with Gasteiger partial charge < -0.3 is 15.0 Å². The highest BCUT2D eigenvalue weighted by Crippen LogP contribution is 2.27. The van der Waals surface area contributed by atoms with Gasteiger partial charge in [-0.25, -0.2) is 12.8 Å². The highest BCUT2D eigenvalue weighted by Gasteiger charge is 2.35. The normalized spacial score (nSPS) is 14.2. The van der Waals surface area contributed by atoms with Crippen molar-refractivity contribution >= 4 is 27.5 Å². The summed E-state index contributed by atoms with van der Waals surface area (Å²) in [5.74, 6) is -1.02. The average molecular weight is 658 g/mol. The van der Waals surface area contributed by atoms with E-state index < -0.39 is 34.3 Å². The van der Waals surface area contributed by atoms with Gasteiger partial charge in [-0.1, -0.05) is 86.0 Å². The van der Waals surface area contributed by atoms with Gasteiger partial charge in [0.2, 0.25) is 11.8 Å². The highest BCUT2D eigenvalue weighted by molar-refractivity contribution is 7.92. The number of anilines is 1. The zero-order valence-electron chi connectivity index (χ0n) is 26.4. The van der Waals surface area contributed by atoms with Gasteiger partial charge in [-0.05, 0) is 60.9 Å². The lowest BCUT2D eigenvalue weighted by Gasteiger charge is -2.35. The van der Waals surface area contributed by atoms with Gasteiger partial charge >= 0.3 is 0 Å². The standard InChI is InChI=1S/C37H40FN3O5S/c1-46-32-23-21-31(22-24-32)41(47(44,45)33-18-9-4-10-19-33)27-36(42)40(26-29-15-11-12-20-34(29)38)35(25-28-13-5-2-6-14-28)37(43)39-30-16-7-3-8-17-30/h2,4-6,9-15,18-24,30,35H,3,7-8,16-17,25-27H2,1H3,(H,39,43)/t35-/m0/s1. The molecule has 4 aromatic carbocycles. The molecule has 0 heterocycles. The molecule has 0 spiro atoms. The van der Waals surface area contributed by atoms with Gasteiger partial charge in [0.25, 0.3) is 10.0 Å². The first-order valence-corrected chi connectivity index (χ1v) is 17.3. The number of amides is 2. The van der Waals surface area contributed by atoms with E-state index in [1.165, 1.54) is 30.2 Å². The molecule has 2 amide bonds. The van der Waals surface area contributed by atoms with Crippen molar-refractivity contribution in [3.05, 3.63) is 126 Å². The number of hydrogen-bond donors (Lipinski definition) is 1. The Hall–Kier alpha value is -4.70. The van der Waals surface area contributed by atoms with E-state index in [4.69, 9.17) is 4.74 Å². The molecule has 47 heavy (non-hydrogen) atoms. The van der Waals surface area contributed by atoms with Crippen molar-refractivity contribution in [3.63, 3.8) is 0 Å². The second-order valence-electron chi connectivity index (χ2n) is 11.7. The van der Waals surface area contributed by atoms with E-state index in [1.54, 1.807) is 60.7 Å². The minimum Gasteiger partial charge on any atom is -0.497 e. The van der Waals surface area contributed by atoms with E-state index in [-0.39, 0.29) is 41.1 Å². The van der Waals surface area contributed by atoms with Crippen molar-refractivity contribution in [1.82, 2.24) is 10.2 Å². The number of ether oxygens (including phenoxy) is 1. The highest BCUT2D eigenvalue weighted by atomic mass is 32.2. The lowest BCUT2D eigenvalue weighted by Crippen LogP contribution is -2.55. The number of benzene rings is 4. The van der Waals surface area contributed by atoms with E-state index in [0.717, 1.165) is 42.0 Å². The summed E-state index contributed by atoms with van der Waals surface area (Å²) < 4.78 is 49.6. The summed E-state index contributed by atoms with van der Waals surface area (Å²) in [4.78, 5) is 30.0. The van der Waals surface area contributed by atoms with Crippen LogP contribution in [0.1, 0.15) is 43.2 Å². The Morgan fingerprint density at radius 3 is 2.11 bits per heavy atom. The number of methoxy groups -OCH3 is 1. The third kappa shape index (κ3) is 8.56. The Morgan fingerprint density at radius 2 is 1.47 bits per heavy atom. The van der Waals surface area contributed by atoms with Gasteiger partial charge in [-0.3, -0.25) is 13.9 Å². The van der Waals surface area contributed by atoms with Gasteiger partial charge in [-0.2, -0.15) is 0 Å². The predicted molar refractivity (Wildman–Crippen MR) is 180 cm³/mol. The smallest absolute Gasteiger partial charge is 0.264 e. The Balaban J connectivity index is 1.56. The van der Waals surface area contributed by atoms with E-state index in [9.17, 15) is 18.0 Å². The molecule has 1 N–H and O–H groups in total. The van der Waals surface area contributed by atoms with Crippen LogP contribution in [-0.4, -0.2) is 50.9 Å². The number of hydrogen-bond acceptors (Lipinski definition) is 5. The van der Waals surface area contributed by atoms with Crippen LogP contribution in [0.3, 0.4) is 0 Å². The Kier molecular flexibility index (Phi) is 11.3. The average Bonchev–Trinajstić information content (AvgIpc) is 3.10. The van der Waals surface area contributed by atoms with Gasteiger partial charge in [0.05, 0.1) is 17.7 Å². The fraction of sp³-hybridized carbons (Fsp3) is 0.297. The summed E-state index contributed by atoms with van der Waals surface area (Å²) in [6.45, 7) is -0.858. The molecular formula is C37H40FN3O5S. The third-order valence-electron chi connectivity index (χ3n) is 8.49. The van der Waals surface area contributed by atoms with Crippen LogP contribution in [0.4, 0.5) is 10.1 Å². The molecule has 4 aromatic rings. The topological polar surface area (TPSA) is 96.0 Å². The van der Waals surface area contributed by atoms with Crippen LogP contribution in [0, 0.1) is 5.82 Å². The molecule has 1 saturated carbocycles. The second kappa shape index (κ2) is 15.7. The molecule has 1 atom stereocenters. The first-order chi connectivity index (χ1) is 22.8. The number of sulfonamides is 1. The first-order valence-electron chi connectivity index (χ1n) is 15.9. The Labute approximate surface area is 276 Å². The molecular weight excluding hydrogens is 617 g/mol. The van der Waals surface area contributed by atoms with E-state index in [1.807, 2.05) is 30.3 Å². The molecule has 1 aliphatic rings. The minimum atomic E-state index is -4.24. The molecule has 0 aliphatic heterocycles. The number of halogens is 1. The molecule has 10 heteroatoms. The molecule has 0 radical (unpaired) electrons. The van der Waals surface area contributed by atoms with Crippen LogP contribution >= 0.6 is 0 Å². The van der Waals surface area contributed by atoms with Crippen LogP contribution in [-0.2, 0) is 32.6 Å². The number of rotatable bonds is 13. The van der Waals surface area contributed by atoms with Gasteiger partial charge in [0.1, 0.15) is 24.2 Å². The van der Waals surface area contributed by atoms with Crippen LogP contribution in [0.5, 0.6) is 5.75 Å². The number of nitrogens with zero attached hydrogens (tertiary/aromatic N) is 2. The van der Waals surface area contributed by atoms with Crippen molar-refractivity contribution in [2.45, 2.75) is 62.0 Å². The number of carbonyl (C=O) groups excluding carboxylic acids is 2. The largest absolute Gasteiger partial charge is 0.497 e. The zero-order chi connectivity index (χ0) is 33.2. The van der Waals surface area contributed by atoms with Gasteiger partial charge in [0, 0.05) is 24.6 Å². The summed E-state index contributed by atoms with van der Waals surface area (Å²) >= 11 is 0. The molecule has 0 unspecified atom stereocenters. The maximum absolute atomic E-state index is 15.1. The maximum atomic E-state index is 15.1. The minimum absolute atomic E-state index is 0.000138. The monoisotopic (exact) mass is 657 g/mol. The molecule has 246 valence electrons. The lowest BCUT2D eigenvalue weighted by atomic mass is 9.94. The third-order valence-corrected chi connectivity index (χ3v) is 10.3. The molecule has 1 fully saturated rings. The molecule has 5 rings (SSSR count). The fourth-order valence-electron chi connectivity index (χ4n) is 5.91. The number of nitrogens with one attached hydrogen (secondary N) is 1. The van der Waals surface area contributed by atoms with Crippen molar-refractivity contribution in [3.8, 4) is 5.75 Å². The summed E-state index contributed by atoms with van der Waals surface area (Å²) in [5, 5.41) is 3.16. The van der Waals surface area contributed by atoms with E-state index in [2.05, 4.69) is 5.32 Å². The molecule has 0 saturated heterocycles. The van der Waals surface area contributed by atoms with E-state index in [0.29, 0.717) is 5.75 Å². The summed E-state index contributed by atoms with van der Waals surface area (Å²) in [5.41, 5.74) is 1.26. The molecule has 0 aromatic heterocycles. The fourth-order valence-corrected chi connectivity index (χ4v) is 7.34. The Bertz CT molecular complexity index is 1730. The quantitative estimate of drug-likeness (QED) is 0.187. The van der Waals surface area contributed by atoms with Crippen LogP contribution in [0.15, 0.2) is 114 Å². The van der Waals surface area contributed by atoms with E-state index >= 15 is 4.39 Å². The van der Waals surface area contributed by atoms with Gasteiger partial charge in [-0.15, -0.1) is 0 Å². The summed E-state index contributed by atoms with van der Waals surface area (Å²) in [6.07, 6.45) is 4.94. The lowest BCUT2D eigenvalue weighted by molar-refractivity contribution is -0.140. The van der Waals surface area contributed by atoms with Crippen LogP contribution in [0.2, 0.25) is 0 Å². The number of carbonyl (C=O) groups is 2. The predicted octanol–water partition coefficient (Wildman–Crippen LogP) is 6.12. The van der Waals surface area contributed by atoms with Crippen LogP contribution < -0.4 is 14.4 Å². The molecule has 8 nitrogen and oxygen atoms in total. The van der Waals surface area contributed by atoms with Crippen molar-refractivity contribution in [1.29, 1.82) is 0 Å². The first kappa shape index (κ1) is 33.7. The second-order valence-corrected chi connectivity index (χ2v) is 13.5. The zero-order valence-corrected chi connectivity index (χ0v) is 27.2. The molecule has 0 bridgehead atoms. The van der Waals surface area contributed by atoms with Gasteiger partial charge in [0.15, 0.2) is 0 Å². The Morgan fingerprint density at radius 1 is 0.851 bits per heavy atom.